The van der Waals surface area contributed by atoms with Crippen molar-refractivity contribution >= 4 is 5.71 Å². The SMILES string of the molecule is CON=C1[C@@H](CO)O[C@H](OC)[C@H](O)[C@H]1O. The topological polar surface area (TPSA) is 101 Å². The maximum absolute atomic E-state index is 9.64. The minimum absolute atomic E-state index is 0.0424. The lowest BCUT2D eigenvalue weighted by atomic mass is 10.0. The van der Waals surface area contributed by atoms with Crippen molar-refractivity contribution in [3.63, 3.8) is 0 Å². The van der Waals surface area contributed by atoms with Crippen LogP contribution in [0.1, 0.15) is 0 Å². The Morgan fingerprint density at radius 3 is 2.53 bits per heavy atom. The summed E-state index contributed by atoms with van der Waals surface area (Å²) in [7, 11) is 2.62. The molecular weight excluding hydrogens is 206 g/mol. The Bertz CT molecular complexity index is 229. The van der Waals surface area contributed by atoms with Gasteiger partial charge in [0.1, 0.15) is 31.1 Å². The van der Waals surface area contributed by atoms with Crippen molar-refractivity contribution in [3.8, 4) is 0 Å². The predicted molar refractivity (Wildman–Crippen MR) is 49.2 cm³/mol. The molecule has 88 valence electrons. The van der Waals surface area contributed by atoms with Gasteiger partial charge in [-0.05, 0) is 0 Å². The van der Waals surface area contributed by atoms with Gasteiger partial charge in [-0.15, -0.1) is 0 Å². The number of oxime groups is 1. The Kier molecular flexibility index (Phi) is 4.43. The largest absolute Gasteiger partial charge is 0.399 e. The van der Waals surface area contributed by atoms with Crippen LogP contribution in [0, 0.1) is 0 Å². The standard InChI is InChI=1S/C8H15NO6/c1-13-8-7(12)6(11)5(9-14-2)4(3-10)15-8/h4,6-8,10-12H,3H2,1-2H3/t4-,6+,7-,8+/m1/s1. The minimum Gasteiger partial charge on any atom is -0.399 e. The normalized spacial score (nSPS) is 39.4. The Morgan fingerprint density at radius 1 is 1.40 bits per heavy atom. The third-order valence-electron chi connectivity index (χ3n) is 2.13. The van der Waals surface area contributed by atoms with Crippen LogP contribution < -0.4 is 0 Å². The number of aliphatic hydroxyl groups is 3. The molecule has 0 unspecified atom stereocenters. The number of hydrogen-bond acceptors (Lipinski definition) is 7. The predicted octanol–water partition coefficient (Wildman–Crippen LogP) is -1.93. The van der Waals surface area contributed by atoms with Gasteiger partial charge in [-0.1, -0.05) is 5.16 Å². The molecule has 0 amide bonds. The van der Waals surface area contributed by atoms with Crippen LogP contribution in [0.25, 0.3) is 0 Å². The molecular formula is C8H15NO6. The van der Waals surface area contributed by atoms with Crippen LogP contribution in [0.2, 0.25) is 0 Å². The molecule has 1 rings (SSSR count). The smallest absolute Gasteiger partial charge is 0.186 e. The van der Waals surface area contributed by atoms with Crippen LogP contribution in [-0.2, 0) is 14.3 Å². The lowest BCUT2D eigenvalue weighted by molar-refractivity contribution is -0.225. The molecule has 15 heavy (non-hydrogen) atoms. The molecule has 4 atom stereocenters. The van der Waals surface area contributed by atoms with Crippen LogP contribution in [0.3, 0.4) is 0 Å². The lowest BCUT2D eigenvalue weighted by Crippen LogP contribution is -2.56. The zero-order valence-corrected chi connectivity index (χ0v) is 8.53. The van der Waals surface area contributed by atoms with Crippen molar-refractivity contribution < 1.29 is 29.6 Å². The quantitative estimate of drug-likeness (QED) is 0.480. The number of rotatable bonds is 3. The van der Waals surface area contributed by atoms with Gasteiger partial charge in [0.25, 0.3) is 0 Å². The first-order chi connectivity index (χ1) is 7.15. The van der Waals surface area contributed by atoms with E-state index in [-0.39, 0.29) is 12.3 Å². The first-order valence-electron chi connectivity index (χ1n) is 4.41. The molecule has 0 aliphatic carbocycles. The minimum atomic E-state index is -1.28. The van der Waals surface area contributed by atoms with Crippen LogP contribution in [-0.4, -0.2) is 66.5 Å². The second-order valence-electron chi connectivity index (χ2n) is 3.05. The monoisotopic (exact) mass is 221 g/mol. The van der Waals surface area contributed by atoms with Gasteiger partial charge >= 0.3 is 0 Å². The van der Waals surface area contributed by atoms with E-state index in [9.17, 15) is 10.2 Å². The first kappa shape index (κ1) is 12.3. The van der Waals surface area contributed by atoms with Crippen molar-refractivity contribution in [2.75, 3.05) is 20.8 Å². The molecule has 1 aliphatic rings. The van der Waals surface area contributed by atoms with Gasteiger partial charge in [0, 0.05) is 7.11 Å². The fraction of sp³-hybridized carbons (Fsp3) is 0.875. The van der Waals surface area contributed by atoms with E-state index in [1.54, 1.807) is 0 Å². The molecule has 0 aromatic carbocycles. The Labute approximate surface area is 86.9 Å². The van der Waals surface area contributed by atoms with Crippen LogP contribution >= 0.6 is 0 Å². The summed E-state index contributed by atoms with van der Waals surface area (Å²) in [4.78, 5) is 4.49. The van der Waals surface area contributed by atoms with Gasteiger partial charge in [0.05, 0.1) is 6.61 Å². The third-order valence-corrected chi connectivity index (χ3v) is 2.13. The van der Waals surface area contributed by atoms with Crippen LogP contribution in [0.15, 0.2) is 5.16 Å². The maximum Gasteiger partial charge on any atom is 0.186 e. The number of ether oxygens (including phenoxy) is 2. The zero-order chi connectivity index (χ0) is 11.4. The summed E-state index contributed by atoms with van der Waals surface area (Å²) in [6.45, 7) is -0.383. The molecule has 1 saturated heterocycles. The molecule has 7 nitrogen and oxygen atoms in total. The molecule has 1 aliphatic heterocycles. The molecule has 0 saturated carbocycles. The second-order valence-corrected chi connectivity index (χ2v) is 3.05. The molecule has 0 aromatic heterocycles. The average molecular weight is 221 g/mol. The molecule has 1 heterocycles. The summed E-state index contributed by atoms with van der Waals surface area (Å²) in [5.41, 5.74) is 0.0424. The number of nitrogens with zero attached hydrogens (tertiary/aromatic N) is 1. The summed E-state index contributed by atoms with van der Waals surface area (Å²) in [6.07, 6.45) is -4.37. The summed E-state index contributed by atoms with van der Waals surface area (Å²) in [5, 5.41) is 31.7. The highest BCUT2D eigenvalue weighted by atomic mass is 16.7. The molecule has 7 heteroatoms. The third kappa shape index (κ3) is 2.44. The van der Waals surface area contributed by atoms with Crippen molar-refractivity contribution in [2.24, 2.45) is 5.16 Å². The average Bonchev–Trinajstić information content (AvgIpc) is 2.25. The molecule has 0 spiro atoms. The maximum atomic E-state index is 9.64. The van der Waals surface area contributed by atoms with E-state index in [1.807, 2.05) is 0 Å². The van der Waals surface area contributed by atoms with E-state index >= 15 is 0 Å². The fourth-order valence-corrected chi connectivity index (χ4v) is 1.38. The van der Waals surface area contributed by atoms with Gasteiger partial charge in [-0.3, -0.25) is 0 Å². The van der Waals surface area contributed by atoms with Crippen molar-refractivity contribution in [2.45, 2.75) is 24.6 Å². The highest BCUT2D eigenvalue weighted by Gasteiger charge is 2.42. The number of aliphatic hydroxyl groups excluding tert-OH is 3. The van der Waals surface area contributed by atoms with E-state index in [0.29, 0.717) is 0 Å². The van der Waals surface area contributed by atoms with Crippen molar-refractivity contribution in [1.82, 2.24) is 0 Å². The second kappa shape index (κ2) is 5.38. The summed E-state index contributed by atoms with van der Waals surface area (Å²) in [5.74, 6) is 0. The van der Waals surface area contributed by atoms with Crippen molar-refractivity contribution in [3.05, 3.63) is 0 Å². The molecule has 0 radical (unpaired) electrons. The van der Waals surface area contributed by atoms with E-state index < -0.39 is 24.6 Å². The van der Waals surface area contributed by atoms with Gasteiger partial charge in [-0.25, -0.2) is 0 Å². The first-order valence-corrected chi connectivity index (χ1v) is 4.41. The van der Waals surface area contributed by atoms with Gasteiger partial charge < -0.3 is 29.6 Å². The fourth-order valence-electron chi connectivity index (χ4n) is 1.38. The number of hydrogen-bond donors (Lipinski definition) is 3. The summed E-state index contributed by atoms with van der Waals surface area (Å²) in [6, 6.07) is 0. The van der Waals surface area contributed by atoms with Crippen LogP contribution in [0.4, 0.5) is 0 Å². The molecule has 0 aromatic rings. The van der Waals surface area contributed by atoms with E-state index in [1.165, 1.54) is 14.2 Å². The van der Waals surface area contributed by atoms with Gasteiger partial charge in [0.2, 0.25) is 0 Å². The summed E-state index contributed by atoms with van der Waals surface area (Å²) >= 11 is 0. The van der Waals surface area contributed by atoms with E-state index in [4.69, 9.17) is 14.6 Å². The van der Waals surface area contributed by atoms with Gasteiger partial charge in [0.15, 0.2) is 6.29 Å². The highest BCUT2D eigenvalue weighted by Crippen LogP contribution is 2.19. The van der Waals surface area contributed by atoms with E-state index in [0.717, 1.165) is 0 Å². The summed E-state index contributed by atoms with van der Waals surface area (Å²) < 4.78 is 9.93. The van der Waals surface area contributed by atoms with Gasteiger partial charge in [-0.2, -0.15) is 0 Å². The van der Waals surface area contributed by atoms with E-state index in [2.05, 4.69) is 9.99 Å². The molecule has 1 fully saturated rings. The zero-order valence-electron chi connectivity index (χ0n) is 8.53. The Balaban J connectivity index is 2.84. The van der Waals surface area contributed by atoms with Crippen LogP contribution in [0.5, 0.6) is 0 Å². The molecule has 0 bridgehead atoms. The molecule has 3 N–H and O–H groups in total. The number of methoxy groups -OCH3 is 1. The Hall–Kier alpha value is -0.730. The highest BCUT2D eigenvalue weighted by molar-refractivity contribution is 5.93. The van der Waals surface area contributed by atoms with Crippen molar-refractivity contribution in [1.29, 1.82) is 0 Å². The Morgan fingerprint density at radius 2 is 2.07 bits per heavy atom. The lowest BCUT2D eigenvalue weighted by Gasteiger charge is -2.35.